The van der Waals surface area contributed by atoms with E-state index in [1.807, 2.05) is 0 Å². The van der Waals surface area contributed by atoms with Crippen LogP contribution in [0.15, 0.2) is 12.1 Å². The summed E-state index contributed by atoms with van der Waals surface area (Å²) >= 11 is 0. The molecule has 5 nitrogen and oxygen atoms in total. The highest BCUT2D eigenvalue weighted by atomic mass is 19.2. The molecule has 1 aromatic carbocycles. The largest absolute Gasteiger partial charge is 0.480 e. The summed E-state index contributed by atoms with van der Waals surface area (Å²) in [5.74, 6) is -6.37. The van der Waals surface area contributed by atoms with Crippen molar-refractivity contribution >= 4 is 17.6 Å². The van der Waals surface area contributed by atoms with Crippen LogP contribution in [0, 0.1) is 17.5 Å². The van der Waals surface area contributed by atoms with Crippen LogP contribution >= 0.6 is 0 Å². The van der Waals surface area contributed by atoms with E-state index in [0.29, 0.717) is 6.07 Å². The summed E-state index contributed by atoms with van der Waals surface area (Å²) in [6.07, 6.45) is 0.276. The molecule has 1 rings (SSSR count). The normalized spacial score (nSPS) is 12.3. The van der Waals surface area contributed by atoms with E-state index < -0.39 is 41.1 Å². The first-order chi connectivity index (χ1) is 9.77. The topological polar surface area (TPSA) is 69.6 Å². The van der Waals surface area contributed by atoms with E-state index in [-0.39, 0.29) is 13.0 Å². The molecule has 1 aromatic rings. The van der Waals surface area contributed by atoms with Crippen molar-refractivity contribution < 1.29 is 27.9 Å². The fourth-order valence-electron chi connectivity index (χ4n) is 1.82. The van der Waals surface area contributed by atoms with Crippen molar-refractivity contribution in [2.75, 3.05) is 18.9 Å². The molecule has 0 saturated carbocycles. The summed E-state index contributed by atoms with van der Waals surface area (Å²) in [6, 6.07) is 0.704. The van der Waals surface area contributed by atoms with E-state index in [9.17, 15) is 22.8 Å². The van der Waals surface area contributed by atoms with Crippen molar-refractivity contribution in [1.29, 1.82) is 0 Å². The first kappa shape index (κ1) is 17.0. The maximum Gasteiger partial charge on any atom is 0.320 e. The number of nitrogens with one attached hydrogen (secondary N) is 1. The Labute approximate surface area is 119 Å². The molecule has 0 saturated heterocycles. The molecule has 2 N–H and O–H groups in total. The summed E-state index contributed by atoms with van der Waals surface area (Å²) in [4.78, 5) is 23.9. The van der Waals surface area contributed by atoms with Gasteiger partial charge in [-0.2, -0.15) is 0 Å². The standard InChI is InChI=1S/C13H15F3N2O3/c1-3-9(13(20)21)18(2)6-10(19)17-8-5-4-7(14)11(15)12(8)16/h4-5,9H,3,6H2,1-2H3,(H,17,19)(H,20,21). The zero-order valence-electron chi connectivity index (χ0n) is 11.5. The maximum atomic E-state index is 13.4. The lowest BCUT2D eigenvalue weighted by atomic mass is 10.2. The summed E-state index contributed by atoms with van der Waals surface area (Å²) in [5.41, 5.74) is -0.504. The first-order valence-electron chi connectivity index (χ1n) is 6.14. The van der Waals surface area contributed by atoms with Crippen molar-refractivity contribution in [2.45, 2.75) is 19.4 Å². The lowest BCUT2D eigenvalue weighted by Crippen LogP contribution is -2.42. The minimum absolute atomic E-state index is 0.276. The molecule has 0 radical (unpaired) electrons. The zero-order chi connectivity index (χ0) is 16.2. The van der Waals surface area contributed by atoms with Crippen LogP contribution in [0.2, 0.25) is 0 Å². The van der Waals surface area contributed by atoms with Gasteiger partial charge in [-0.15, -0.1) is 0 Å². The molecule has 8 heteroatoms. The van der Waals surface area contributed by atoms with Gasteiger partial charge in [0.1, 0.15) is 6.04 Å². The number of carbonyl (C=O) groups is 2. The van der Waals surface area contributed by atoms with Gasteiger partial charge in [0.25, 0.3) is 0 Å². The molecule has 21 heavy (non-hydrogen) atoms. The second-order valence-corrected chi connectivity index (χ2v) is 4.45. The number of nitrogens with zero attached hydrogens (tertiary/aromatic N) is 1. The van der Waals surface area contributed by atoms with Crippen molar-refractivity contribution in [2.24, 2.45) is 0 Å². The Morgan fingerprint density at radius 1 is 1.29 bits per heavy atom. The summed E-state index contributed by atoms with van der Waals surface area (Å²) < 4.78 is 39.1. The smallest absolute Gasteiger partial charge is 0.320 e. The third kappa shape index (κ3) is 4.19. The Kier molecular flexibility index (Phi) is 5.71. The molecule has 0 aliphatic carbocycles. The van der Waals surface area contributed by atoms with Crippen LogP contribution in [0.5, 0.6) is 0 Å². The molecule has 0 heterocycles. The molecule has 0 aromatic heterocycles. The number of carboxylic acid groups (broad SMARTS) is 1. The average molecular weight is 304 g/mol. The van der Waals surface area contributed by atoms with Crippen LogP contribution in [0.4, 0.5) is 18.9 Å². The van der Waals surface area contributed by atoms with Gasteiger partial charge in [-0.25, -0.2) is 13.2 Å². The van der Waals surface area contributed by atoms with Crippen molar-refractivity contribution in [1.82, 2.24) is 4.90 Å². The third-order valence-electron chi connectivity index (χ3n) is 2.91. The van der Waals surface area contributed by atoms with Crippen LogP contribution in [0.1, 0.15) is 13.3 Å². The van der Waals surface area contributed by atoms with E-state index in [1.54, 1.807) is 6.92 Å². The molecule has 0 spiro atoms. The van der Waals surface area contributed by atoms with Crippen LogP contribution < -0.4 is 5.32 Å². The Morgan fingerprint density at radius 2 is 1.90 bits per heavy atom. The predicted octanol–water partition coefficient (Wildman–Crippen LogP) is 1.84. The average Bonchev–Trinajstić information content (AvgIpc) is 2.39. The monoisotopic (exact) mass is 304 g/mol. The number of hydrogen-bond donors (Lipinski definition) is 2. The molecule has 1 unspecified atom stereocenters. The van der Waals surface area contributed by atoms with Gasteiger partial charge in [0.05, 0.1) is 12.2 Å². The zero-order valence-corrected chi connectivity index (χ0v) is 11.5. The number of amides is 1. The summed E-state index contributed by atoms with van der Waals surface area (Å²) in [7, 11) is 1.42. The number of carboxylic acids is 1. The van der Waals surface area contributed by atoms with Gasteiger partial charge in [0.2, 0.25) is 5.91 Å². The van der Waals surface area contributed by atoms with Gasteiger partial charge in [0, 0.05) is 0 Å². The van der Waals surface area contributed by atoms with E-state index in [0.717, 1.165) is 6.07 Å². The molecule has 1 atom stereocenters. The molecule has 116 valence electrons. The van der Waals surface area contributed by atoms with Gasteiger partial charge in [-0.3, -0.25) is 14.5 Å². The summed E-state index contributed by atoms with van der Waals surface area (Å²) in [6.45, 7) is 1.31. The quantitative estimate of drug-likeness (QED) is 0.787. The van der Waals surface area contributed by atoms with Crippen molar-refractivity contribution in [3.8, 4) is 0 Å². The minimum atomic E-state index is -1.68. The highest BCUT2D eigenvalue weighted by molar-refractivity contribution is 5.92. The van der Waals surface area contributed by atoms with Gasteiger partial charge < -0.3 is 10.4 Å². The Morgan fingerprint density at radius 3 is 2.43 bits per heavy atom. The Bertz CT molecular complexity index is 552. The predicted molar refractivity (Wildman–Crippen MR) is 69.3 cm³/mol. The molecular formula is C13H15F3N2O3. The highest BCUT2D eigenvalue weighted by Gasteiger charge is 2.23. The number of benzene rings is 1. The van der Waals surface area contributed by atoms with Crippen LogP contribution in [-0.4, -0.2) is 41.5 Å². The second kappa shape index (κ2) is 7.07. The number of aliphatic carboxylic acids is 1. The van der Waals surface area contributed by atoms with Crippen molar-refractivity contribution in [3.05, 3.63) is 29.6 Å². The van der Waals surface area contributed by atoms with E-state index in [1.165, 1.54) is 11.9 Å². The third-order valence-corrected chi connectivity index (χ3v) is 2.91. The van der Waals surface area contributed by atoms with E-state index >= 15 is 0 Å². The Hall–Kier alpha value is -2.09. The fourth-order valence-corrected chi connectivity index (χ4v) is 1.82. The van der Waals surface area contributed by atoms with Crippen LogP contribution in [0.3, 0.4) is 0 Å². The molecule has 0 bridgehead atoms. The molecule has 0 aliphatic heterocycles. The first-order valence-corrected chi connectivity index (χ1v) is 6.14. The number of halogens is 3. The molecular weight excluding hydrogens is 289 g/mol. The van der Waals surface area contributed by atoms with Gasteiger partial charge >= 0.3 is 5.97 Å². The second-order valence-electron chi connectivity index (χ2n) is 4.45. The lowest BCUT2D eigenvalue weighted by molar-refractivity contribution is -0.143. The number of likely N-dealkylation sites (N-methyl/N-ethyl adjacent to an activating group) is 1. The lowest BCUT2D eigenvalue weighted by Gasteiger charge is -2.22. The number of anilines is 1. The van der Waals surface area contributed by atoms with E-state index in [2.05, 4.69) is 5.32 Å². The van der Waals surface area contributed by atoms with Crippen LogP contribution in [0.25, 0.3) is 0 Å². The van der Waals surface area contributed by atoms with E-state index in [4.69, 9.17) is 5.11 Å². The Balaban J connectivity index is 2.74. The maximum absolute atomic E-state index is 13.4. The summed E-state index contributed by atoms with van der Waals surface area (Å²) in [5, 5.41) is 11.0. The minimum Gasteiger partial charge on any atom is -0.480 e. The molecule has 0 fully saturated rings. The number of hydrogen-bond acceptors (Lipinski definition) is 3. The van der Waals surface area contributed by atoms with Crippen LogP contribution in [-0.2, 0) is 9.59 Å². The van der Waals surface area contributed by atoms with Crippen molar-refractivity contribution in [3.63, 3.8) is 0 Å². The molecule has 1 amide bonds. The SMILES string of the molecule is CCC(C(=O)O)N(C)CC(=O)Nc1ccc(F)c(F)c1F. The van der Waals surface area contributed by atoms with Gasteiger partial charge in [-0.05, 0) is 25.6 Å². The van der Waals surface area contributed by atoms with Gasteiger partial charge in [0.15, 0.2) is 17.5 Å². The number of rotatable bonds is 6. The fraction of sp³-hybridized carbons (Fsp3) is 0.385. The molecule has 0 aliphatic rings. The number of carbonyl (C=O) groups excluding carboxylic acids is 1. The van der Waals surface area contributed by atoms with Gasteiger partial charge in [-0.1, -0.05) is 6.92 Å². The highest BCUT2D eigenvalue weighted by Crippen LogP contribution is 2.19.